The number of methoxy groups -OCH3 is 1. The topological polar surface area (TPSA) is 68.2 Å². The highest BCUT2D eigenvalue weighted by Gasteiger charge is 2.32. The van der Waals surface area contributed by atoms with E-state index >= 15 is 0 Å². The molecule has 2 atom stereocenters. The molecule has 0 saturated carbocycles. The molecule has 1 rings (SSSR count). The van der Waals surface area contributed by atoms with Gasteiger partial charge in [-0.15, -0.1) is 6.58 Å². The lowest BCUT2D eigenvalue weighted by Crippen LogP contribution is -2.47. The molecule has 122 valence electrons. The highest BCUT2D eigenvalue weighted by molar-refractivity contribution is 6.41. The van der Waals surface area contributed by atoms with Crippen LogP contribution in [-0.4, -0.2) is 47.6 Å². The van der Waals surface area contributed by atoms with Crippen LogP contribution in [-0.2, 0) is 14.3 Å². The molecule has 1 aliphatic heterocycles. The predicted octanol–water partition coefficient (Wildman–Crippen LogP) is 2.70. The highest BCUT2D eigenvalue weighted by atomic mass is 16.6. The van der Waals surface area contributed by atoms with Crippen molar-refractivity contribution >= 4 is 17.8 Å². The van der Waals surface area contributed by atoms with Gasteiger partial charge in [0, 0.05) is 6.42 Å². The molecule has 0 aliphatic carbocycles. The van der Waals surface area contributed by atoms with Gasteiger partial charge >= 0.3 is 12.1 Å². The number of esters is 1. The molecular formula is C16H24N2O4. The van der Waals surface area contributed by atoms with Gasteiger partial charge in [0.2, 0.25) is 0 Å². The van der Waals surface area contributed by atoms with Crippen LogP contribution >= 0.6 is 0 Å². The quantitative estimate of drug-likeness (QED) is 0.591. The van der Waals surface area contributed by atoms with Crippen molar-refractivity contribution in [2.75, 3.05) is 7.11 Å². The lowest BCUT2D eigenvalue weighted by molar-refractivity contribution is -0.132. The molecule has 1 amide bonds. The van der Waals surface area contributed by atoms with E-state index in [4.69, 9.17) is 4.74 Å². The molecule has 6 nitrogen and oxygen atoms in total. The Kier molecular flexibility index (Phi) is 5.91. The van der Waals surface area contributed by atoms with Gasteiger partial charge in [-0.25, -0.2) is 9.59 Å². The Hall–Kier alpha value is -2.11. The van der Waals surface area contributed by atoms with E-state index in [0.717, 1.165) is 0 Å². The second kappa shape index (κ2) is 7.24. The second-order valence-corrected chi connectivity index (χ2v) is 5.99. The van der Waals surface area contributed by atoms with Crippen LogP contribution < -0.4 is 0 Å². The SMILES string of the molecule is C=CC(C)N(C(=O)OC(C)(C)C)C1CC=CC(C(=O)OC)=N1. The van der Waals surface area contributed by atoms with E-state index in [9.17, 15) is 9.59 Å². The summed E-state index contributed by atoms with van der Waals surface area (Å²) in [6.45, 7) is 10.9. The first-order chi connectivity index (χ1) is 10.2. The Morgan fingerprint density at radius 1 is 1.50 bits per heavy atom. The van der Waals surface area contributed by atoms with Crippen LogP contribution in [0.5, 0.6) is 0 Å². The second-order valence-electron chi connectivity index (χ2n) is 5.99. The minimum absolute atomic E-state index is 0.184. The van der Waals surface area contributed by atoms with Crippen molar-refractivity contribution in [3.63, 3.8) is 0 Å². The first kappa shape index (κ1) is 17.9. The maximum atomic E-state index is 12.5. The van der Waals surface area contributed by atoms with E-state index in [-0.39, 0.29) is 11.8 Å². The van der Waals surface area contributed by atoms with Crippen molar-refractivity contribution in [1.29, 1.82) is 0 Å². The van der Waals surface area contributed by atoms with Crippen LogP contribution in [0.2, 0.25) is 0 Å². The zero-order chi connectivity index (χ0) is 16.9. The molecule has 0 N–H and O–H groups in total. The van der Waals surface area contributed by atoms with E-state index in [0.29, 0.717) is 6.42 Å². The molecule has 2 unspecified atom stereocenters. The van der Waals surface area contributed by atoms with Gasteiger partial charge in [-0.2, -0.15) is 0 Å². The van der Waals surface area contributed by atoms with Gasteiger partial charge in [-0.1, -0.05) is 12.2 Å². The van der Waals surface area contributed by atoms with Crippen molar-refractivity contribution in [2.45, 2.75) is 51.9 Å². The Bertz CT molecular complexity index is 503. The summed E-state index contributed by atoms with van der Waals surface area (Å²) in [6, 6.07) is -0.283. The molecule has 0 bridgehead atoms. The number of carbonyl (C=O) groups is 2. The average molecular weight is 308 g/mol. The number of nitrogens with zero attached hydrogens (tertiary/aromatic N) is 2. The maximum Gasteiger partial charge on any atom is 0.412 e. The number of dihydropyridines is 1. The summed E-state index contributed by atoms with van der Waals surface area (Å²) in [4.78, 5) is 29.8. The van der Waals surface area contributed by atoms with Crippen LogP contribution in [0.1, 0.15) is 34.1 Å². The molecule has 0 fully saturated rings. The van der Waals surface area contributed by atoms with Crippen LogP contribution in [0.4, 0.5) is 4.79 Å². The molecule has 1 aliphatic rings. The number of hydrogen-bond donors (Lipinski definition) is 0. The Morgan fingerprint density at radius 2 is 2.14 bits per heavy atom. The van der Waals surface area contributed by atoms with E-state index in [2.05, 4.69) is 16.3 Å². The third-order valence-corrected chi connectivity index (χ3v) is 3.01. The van der Waals surface area contributed by atoms with Gasteiger partial charge in [0.15, 0.2) is 0 Å². The molecule has 0 saturated heterocycles. The summed E-state index contributed by atoms with van der Waals surface area (Å²) >= 11 is 0. The van der Waals surface area contributed by atoms with Gasteiger partial charge in [0.05, 0.1) is 13.2 Å². The molecule has 6 heteroatoms. The van der Waals surface area contributed by atoms with Gasteiger partial charge in [-0.3, -0.25) is 9.89 Å². The summed E-state index contributed by atoms with van der Waals surface area (Å²) in [5.74, 6) is -0.531. The summed E-state index contributed by atoms with van der Waals surface area (Å²) in [5.41, 5.74) is -0.432. The third-order valence-electron chi connectivity index (χ3n) is 3.01. The minimum atomic E-state index is -0.615. The van der Waals surface area contributed by atoms with Gasteiger partial charge in [0.25, 0.3) is 0 Å². The highest BCUT2D eigenvalue weighted by Crippen LogP contribution is 2.20. The average Bonchev–Trinajstić information content (AvgIpc) is 2.44. The van der Waals surface area contributed by atoms with Crippen molar-refractivity contribution in [3.8, 4) is 0 Å². The first-order valence-electron chi connectivity index (χ1n) is 7.16. The standard InChI is InChI=1S/C16H24N2O4/c1-7-11(2)18(15(20)22-16(3,4)5)13-10-8-9-12(17-13)14(19)21-6/h7-9,11,13H,1,10H2,2-6H3. The molecule has 0 aromatic heterocycles. The number of amides is 1. The van der Waals surface area contributed by atoms with Crippen molar-refractivity contribution in [1.82, 2.24) is 4.90 Å². The fourth-order valence-corrected chi connectivity index (χ4v) is 1.95. The summed E-state index contributed by atoms with van der Waals surface area (Å²) in [7, 11) is 1.29. The molecule has 0 radical (unpaired) electrons. The van der Waals surface area contributed by atoms with Crippen LogP contribution in [0.15, 0.2) is 29.8 Å². The number of carbonyl (C=O) groups excluding carboxylic acids is 2. The van der Waals surface area contributed by atoms with Gasteiger partial charge in [0.1, 0.15) is 17.5 Å². The lowest BCUT2D eigenvalue weighted by atomic mass is 10.1. The predicted molar refractivity (Wildman–Crippen MR) is 84.7 cm³/mol. The van der Waals surface area contributed by atoms with E-state index < -0.39 is 23.8 Å². The minimum Gasteiger partial charge on any atom is -0.464 e. The summed E-state index contributed by atoms with van der Waals surface area (Å²) in [6.07, 6.45) is 4.49. The molecule has 0 aromatic carbocycles. The van der Waals surface area contributed by atoms with Gasteiger partial charge < -0.3 is 9.47 Å². The summed E-state index contributed by atoms with van der Waals surface area (Å²) < 4.78 is 10.1. The fraction of sp³-hybridized carbons (Fsp3) is 0.562. The van der Waals surface area contributed by atoms with Crippen LogP contribution in [0.3, 0.4) is 0 Å². The monoisotopic (exact) mass is 308 g/mol. The molecule has 0 spiro atoms. The summed E-state index contributed by atoms with van der Waals surface area (Å²) in [5, 5.41) is 0. The molecular weight excluding hydrogens is 284 g/mol. The Labute approximate surface area is 131 Å². The normalized spacial score (nSPS) is 19.0. The van der Waals surface area contributed by atoms with E-state index in [1.165, 1.54) is 12.0 Å². The molecule has 0 aromatic rings. The zero-order valence-corrected chi connectivity index (χ0v) is 13.8. The number of hydrogen-bond acceptors (Lipinski definition) is 5. The fourth-order valence-electron chi connectivity index (χ4n) is 1.95. The number of ether oxygens (including phenoxy) is 2. The van der Waals surface area contributed by atoms with Gasteiger partial charge in [-0.05, 0) is 33.8 Å². The lowest BCUT2D eigenvalue weighted by Gasteiger charge is -2.35. The first-order valence-corrected chi connectivity index (χ1v) is 7.16. The van der Waals surface area contributed by atoms with Crippen molar-refractivity contribution in [3.05, 3.63) is 24.8 Å². The largest absolute Gasteiger partial charge is 0.464 e. The third kappa shape index (κ3) is 4.72. The molecule has 22 heavy (non-hydrogen) atoms. The van der Waals surface area contributed by atoms with E-state index in [1.54, 1.807) is 39.0 Å². The smallest absolute Gasteiger partial charge is 0.412 e. The zero-order valence-electron chi connectivity index (χ0n) is 13.8. The van der Waals surface area contributed by atoms with Crippen molar-refractivity contribution in [2.24, 2.45) is 4.99 Å². The number of aliphatic imine (C=N–C) groups is 1. The number of rotatable bonds is 4. The Balaban J connectivity index is 3.05. The van der Waals surface area contributed by atoms with Crippen LogP contribution in [0, 0.1) is 0 Å². The Morgan fingerprint density at radius 3 is 2.64 bits per heavy atom. The molecule has 1 heterocycles. The maximum absolute atomic E-state index is 12.5. The van der Waals surface area contributed by atoms with E-state index in [1.807, 2.05) is 6.92 Å². The van der Waals surface area contributed by atoms with Crippen LogP contribution in [0.25, 0.3) is 0 Å². The van der Waals surface area contributed by atoms with Crippen molar-refractivity contribution < 1.29 is 19.1 Å².